The molecule has 0 unspecified atom stereocenters. The van der Waals surface area contributed by atoms with E-state index in [2.05, 4.69) is 228 Å². The minimum Gasteiger partial charge on any atom is -0.455 e. The number of fused-ring (bicyclic) bond motifs is 7. The number of anilines is 3. The molecule has 0 spiro atoms. The van der Waals surface area contributed by atoms with E-state index < -0.39 is 0 Å². The number of hydrogen-bond acceptors (Lipinski definition) is 2. The van der Waals surface area contributed by atoms with Gasteiger partial charge in [-0.15, -0.1) is 0 Å². The number of hydrogen-bond donors (Lipinski definition) is 0. The molecule has 0 N–H and O–H groups in total. The van der Waals surface area contributed by atoms with Crippen LogP contribution in [0.25, 0.3) is 93.6 Å². The van der Waals surface area contributed by atoms with Gasteiger partial charge in [0.15, 0.2) is 0 Å². The Morgan fingerprint density at radius 1 is 0.328 bits per heavy atom. The van der Waals surface area contributed by atoms with Crippen LogP contribution in [0.15, 0.2) is 235 Å². The van der Waals surface area contributed by atoms with Crippen LogP contribution in [0.1, 0.15) is 0 Å². The molecular weight excluding hydrogens is 741 g/mol. The third-order valence-corrected chi connectivity index (χ3v) is 12.2. The molecular formula is C58H38N2O. The average Bonchev–Trinajstić information content (AvgIpc) is 3.88. The minimum atomic E-state index is 0.902. The lowest BCUT2D eigenvalue weighted by atomic mass is 9.99. The van der Waals surface area contributed by atoms with Gasteiger partial charge in [0, 0.05) is 49.7 Å². The molecule has 2 aromatic heterocycles. The van der Waals surface area contributed by atoms with Gasteiger partial charge in [0.25, 0.3) is 0 Å². The van der Waals surface area contributed by atoms with Crippen LogP contribution in [-0.2, 0) is 0 Å². The molecule has 12 aromatic rings. The molecule has 12 rings (SSSR count). The van der Waals surface area contributed by atoms with Crippen molar-refractivity contribution in [1.29, 1.82) is 0 Å². The number of rotatable bonds is 7. The molecule has 0 radical (unpaired) electrons. The fraction of sp³-hybridized carbons (Fsp3) is 0. The van der Waals surface area contributed by atoms with Crippen LogP contribution in [0.2, 0.25) is 0 Å². The third kappa shape index (κ3) is 5.90. The molecule has 3 nitrogen and oxygen atoms in total. The summed E-state index contributed by atoms with van der Waals surface area (Å²) in [5.74, 6) is 0. The SMILES string of the molecule is c1cc(-c2ccccc2-n2c3ccccc3c3ccccc32)cc(N(c2ccc(-c3ccc4ccccc4c3)cc2)c2ccc(-c3cccc4c3oc3ccccc34)cc2)c1. The first-order valence-electron chi connectivity index (χ1n) is 20.8. The van der Waals surface area contributed by atoms with Gasteiger partial charge in [-0.3, -0.25) is 0 Å². The zero-order valence-electron chi connectivity index (χ0n) is 33.2. The van der Waals surface area contributed by atoms with Gasteiger partial charge in [0.2, 0.25) is 0 Å². The van der Waals surface area contributed by atoms with E-state index in [1.165, 1.54) is 43.7 Å². The molecule has 0 bridgehead atoms. The molecule has 3 heteroatoms. The van der Waals surface area contributed by atoms with Crippen molar-refractivity contribution in [2.45, 2.75) is 0 Å². The maximum Gasteiger partial charge on any atom is 0.143 e. The number of aromatic nitrogens is 1. The molecule has 0 saturated carbocycles. The maximum atomic E-state index is 6.45. The van der Waals surface area contributed by atoms with Crippen LogP contribution in [0, 0.1) is 0 Å². The Morgan fingerprint density at radius 3 is 1.67 bits per heavy atom. The predicted molar refractivity (Wildman–Crippen MR) is 257 cm³/mol. The first kappa shape index (κ1) is 34.9. The lowest BCUT2D eigenvalue weighted by Crippen LogP contribution is -2.10. The quantitative estimate of drug-likeness (QED) is 0.161. The second-order valence-electron chi connectivity index (χ2n) is 15.7. The van der Waals surface area contributed by atoms with Crippen molar-refractivity contribution >= 4 is 71.6 Å². The van der Waals surface area contributed by atoms with Crippen molar-refractivity contribution in [2.24, 2.45) is 0 Å². The Balaban J connectivity index is 0.987. The molecule has 286 valence electrons. The molecule has 0 fully saturated rings. The van der Waals surface area contributed by atoms with E-state index in [0.29, 0.717) is 0 Å². The predicted octanol–water partition coefficient (Wildman–Crippen LogP) is 16.3. The van der Waals surface area contributed by atoms with E-state index in [4.69, 9.17) is 4.42 Å². The van der Waals surface area contributed by atoms with Crippen molar-refractivity contribution in [3.63, 3.8) is 0 Å². The highest BCUT2D eigenvalue weighted by Gasteiger charge is 2.19. The molecule has 10 aromatic carbocycles. The Hall–Kier alpha value is -8.14. The second kappa shape index (κ2) is 14.3. The lowest BCUT2D eigenvalue weighted by Gasteiger charge is -2.27. The number of benzene rings is 10. The molecule has 0 aliphatic rings. The second-order valence-corrected chi connectivity index (χ2v) is 15.7. The average molecular weight is 779 g/mol. The van der Waals surface area contributed by atoms with Gasteiger partial charge in [0.05, 0.1) is 16.7 Å². The summed E-state index contributed by atoms with van der Waals surface area (Å²) in [5.41, 5.74) is 15.4. The van der Waals surface area contributed by atoms with Crippen molar-refractivity contribution in [3.05, 3.63) is 231 Å². The zero-order chi connectivity index (χ0) is 40.3. The monoisotopic (exact) mass is 778 g/mol. The summed E-state index contributed by atoms with van der Waals surface area (Å²) in [6, 6.07) is 82.9. The molecule has 0 atom stereocenters. The van der Waals surface area contributed by atoms with E-state index >= 15 is 0 Å². The fourth-order valence-electron chi connectivity index (χ4n) is 9.29. The van der Waals surface area contributed by atoms with Gasteiger partial charge in [0.1, 0.15) is 11.2 Å². The maximum absolute atomic E-state index is 6.45. The van der Waals surface area contributed by atoms with Gasteiger partial charge in [-0.2, -0.15) is 0 Å². The molecule has 0 aliphatic heterocycles. The highest BCUT2D eigenvalue weighted by Crippen LogP contribution is 2.42. The summed E-state index contributed by atoms with van der Waals surface area (Å²) in [7, 11) is 0. The van der Waals surface area contributed by atoms with Gasteiger partial charge in [-0.05, 0) is 99.8 Å². The van der Waals surface area contributed by atoms with E-state index in [9.17, 15) is 0 Å². The Labute approximate surface area is 353 Å². The van der Waals surface area contributed by atoms with Crippen LogP contribution < -0.4 is 4.90 Å². The first-order valence-corrected chi connectivity index (χ1v) is 20.8. The van der Waals surface area contributed by atoms with E-state index in [1.54, 1.807) is 0 Å². The highest BCUT2D eigenvalue weighted by molar-refractivity contribution is 6.11. The first-order chi connectivity index (χ1) is 30.2. The van der Waals surface area contributed by atoms with E-state index in [0.717, 1.165) is 66.9 Å². The fourth-order valence-corrected chi connectivity index (χ4v) is 9.29. The van der Waals surface area contributed by atoms with Crippen LogP contribution in [0.5, 0.6) is 0 Å². The Bertz CT molecular complexity index is 3540. The Kier molecular flexibility index (Phi) is 8.17. The van der Waals surface area contributed by atoms with Gasteiger partial charge < -0.3 is 13.9 Å². The summed E-state index contributed by atoms with van der Waals surface area (Å²) in [5, 5.41) is 7.24. The summed E-state index contributed by atoms with van der Waals surface area (Å²) >= 11 is 0. The number of furan rings is 1. The van der Waals surface area contributed by atoms with Crippen molar-refractivity contribution < 1.29 is 4.42 Å². The largest absolute Gasteiger partial charge is 0.455 e. The van der Waals surface area contributed by atoms with Crippen LogP contribution in [0.4, 0.5) is 17.1 Å². The Morgan fingerprint density at radius 2 is 0.902 bits per heavy atom. The van der Waals surface area contributed by atoms with Crippen LogP contribution in [0.3, 0.4) is 0 Å². The van der Waals surface area contributed by atoms with Crippen molar-refractivity contribution in [1.82, 2.24) is 4.57 Å². The smallest absolute Gasteiger partial charge is 0.143 e. The minimum absolute atomic E-state index is 0.902. The van der Waals surface area contributed by atoms with E-state index in [1.807, 2.05) is 12.1 Å². The molecule has 0 saturated heterocycles. The molecule has 0 aliphatic carbocycles. The summed E-state index contributed by atoms with van der Waals surface area (Å²) in [6.45, 7) is 0. The number of nitrogens with zero attached hydrogens (tertiary/aromatic N) is 2. The summed E-state index contributed by atoms with van der Waals surface area (Å²) < 4.78 is 8.87. The van der Waals surface area contributed by atoms with Crippen molar-refractivity contribution in [3.8, 4) is 39.1 Å². The van der Waals surface area contributed by atoms with Crippen molar-refractivity contribution in [2.75, 3.05) is 4.90 Å². The third-order valence-electron chi connectivity index (χ3n) is 12.2. The molecule has 61 heavy (non-hydrogen) atoms. The van der Waals surface area contributed by atoms with Gasteiger partial charge >= 0.3 is 0 Å². The van der Waals surface area contributed by atoms with Crippen LogP contribution >= 0.6 is 0 Å². The summed E-state index contributed by atoms with van der Waals surface area (Å²) in [4.78, 5) is 2.36. The normalized spacial score (nSPS) is 11.6. The molecule has 2 heterocycles. The van der Waals surface area contributed by atoms with E-state index in [-0.39, 0.29) is 0 Å². The topological polar surface area (TPSA) is 21.3 Å². The number of para-hydroxylation sites is 5. The molecule has 0 amide bonds. The lowest BCUT2D eigenvalue weighted by molar-refractivity contribution is 0.670. The summed E-state index contributed by atoms with van der Waals surface area (Å²) in [6.07, 6.45) is 0. The zero-order valence-corrected chi connectivity index (χ0v) is 33.2. The highest BCUT2D eigenvalue weighted by atomic mass is 16.3. The van der Waals surface area contributed by atoms with Crippen LogP contribution in [-0.4, -0.2) is 4.57 Å². The standard InChI is InChI=1S/C58H38N2O/c1-2-14-42-37-43(28-27-39(42)13-1)40-29-33-45(34-30-40)59(46-35-31-41(32-36-46)49-21-12-22-53-52-20-6-10-26-57(52)61-58(49)53)47-16-11-15-44(38-47)48-17-3-7-23-54(48)60-55-24-8-4-18-50(55)51-19-5-9-25-56(51)60/h1-38H. The van der Waals surface area contributed by atoms with Gasteiger partial charge in [-0.25, -0.2) is 0 Å². The van der Waals surface area contributed by atoms with Gasteiger partial charge in [-0.1, -0.05) is 164 Å².